The van der Waals surface area contributed by atoms with Crippen molar-refractivity contribution >= 4 is 0 Å². The van der Waals surface area contributed by atoms with Crippen LogP contribution in [0.5, 0.6) is 5.75 Å². The minimum absolute atomic E-state index is 0.256. The molecule has 2 nitrogen and oxygen atoms in total. The Morgan fingerprint density at radius 2 is 1.78 bits per heavy atom. The van der Waals surface area contributed by atoms with E-state index >= 15 is 0 Å². The second-order valence-electron chi connectivity index (χ2n) is 3.58. The van der Waals surface area contributed by atoms with Crippen molar-refractivity contribution in [3.8, 4) is 16.9 Å². The zero-order valence-corrected chi connectivity index (χ0v) is 8.87. The van der Waals surface area contributed by atoms with Gasteiger partial charge < -0.3 is 5.11 Å². The van der Waals surface area contributed by atoms with E-state index in [0.29, 0.717) is 0 Å². The number of phenolic OH excluding ortho intramolecular Hbond substituents is 1. The summed E-state index contributed by atoms with van der Waals surface area (Å²) in [5.41, 5.74) is -1.59. The van der Waals surface area contributed by atoms with Crippen molar-refractivity contribution in [3.05, 3.63) is 48.0 Å². The molecule has 6 heteroatoms. The lowest BCUT2D eigenvalue weighted by atomic mass is 10.0. The monoisotopic (exact) mass is 257 g/mol. The van der Waals surface area contributed by atoms with Gasteiger partial charge in [-0.25, -0.2) is 4.39 Å². The number of hydrogen-bond acceptors (Lipinski definition) is 2. The van der Waals surface area contributed by atoms with E-state index in [1.165, 1.54) is 0 Å². The molecule has 0 bridgehead atoms. The third kappa shape index (κ3) is 2.27. The maximum atomic E-state index is 13.5. The molecule has 0 spiro atoms. The van der Waals surface area contributed by atoms with Gasteiger partial charge in [-0.2, -0.15) is 13.2 Å². The van der Waals surface area contributed by atoms with Crippen molar-refractivity contribution in [1.82, 2.24) is 4.98 Å². The van der Waals surface area contributed by atoms with Crippen molar-refractivity contribution in [2.75, 3.05) is 0 Å². The van der Waals surface area contributed by atoms with Crippen molar-refractivity contribution in [2.45, 2.75) is 6.18 Å². The van der Waals surface area contributed by atoms with Crippen LogP contribution >= 0.6 is 0 Å². The summed E-state index contributed by atoms with van der Waals surface area (Å²) in [6.45, 7) is 0. The highest BCUT2D eigenvalue weighted by Crippen LogP contribution is 2.37. The lowest BCUT2D eigenvalue weighted by molar-refractivity contribution is -0.137. The molecule has 0 radical (unpaired) electrons. The molecule has 0 unspecified atom stereocenters. The number of rotatable bonds is 1. The largest absolute Gasteiger partial charge is 0.508 e. The van der Waals surface area contributed by atoms with Crippen LogP contribution in [0.3, 0.4) is 0 Å². The SMILES string of the molecule is Oc1ccc(-c2cnccc2C(F)(F)F)c(F)c1. The number of halogens is 4. The van der Waals surface area contributed by atoms with Crippen molar-refractivity contribution in [3.63, 3.8) is 0 Å². The van der Waals surface area contributed by atoms with Gasteiger partial charge in [-0.1, -0.05) is 0 Å². The molecular weight excluding hydrogens is 250 g/mol. The molecule has 0 amide bonds. The molecule has 0 aliphatic rings. The van der Waals surface area contributed by atoms with Crippen LogP contribution in [0.2, 0.25) is 0 Å². The van der Waals surface area contributed by atoms with Gasteiger partial charge >= 0.3 is 6.18 Å². The molecule has 18 heavy (non-hydrogen) atoms. The molecule has 1 heterocycles. The van der Waals surface area contributed by atoms with Crippen molar-refractivity contribution in [2.24, 2.45) is 0 Å². The van der Waals surface area contributed by atoms with E-state index in [4.69, 9.17) is 5.11 Å². The van der Waals surface area contributed by atoms with Crippen LogP contribution in [0, 0.1) is 5.82 Å². The fraction of sp³-hybridized carbons (Fsp3) is 0.0833. The fourth-order valence-electron chi connectivity index (χ4n) is 1.58. The van der Waals surface area contributed by atoms with E-state index in [1.54, 1.807) is 0 Å². The summed E-state index contributed by atoms with van der Waals surface area (Å²) in [7, 11) is 0. The smallest absolute Gasteiger partial charge is 0.417 e. The molecule has 0 atom stereocenters. The van der Waals surface area contributed by atoms with E-state index in [9.17, 15) is 17.6 Å². The summed E-state index contributed by atoms with van der Waals surface area (Å²) in [5.74, 6) is -1.29. The number of nitrogens with zero attached hydrogens (tertiary/aromatic N) is 1. The molecule has 0 aliphatic carbocycles. The van der Waals surface area contributed by atoms with Gasteiger partial charge in [-0.15, -0.1) is 0 Å². The number of benzene rings is 1. The summed E-state index contributed by atoms with van der Waals surface area (Å²) >= 11 is 0. The quantitative estimate of drug-likeness (QED) is 0.791. The summed E-state index contributed by atoms with van der Waals surface area (Å²) in [5, 5.41) is 9.04. The zero-order chi connectivity index (χ0) is 13.3. The summed E-state index contributed by atoms with van der Waals surface area (Å²) < 4.78 is 51.8. The molecule has 2 rings (SSSR count). The molecule has 0 aliphatic heterocycles. The van der Waals surface area contributed by atoms with Crippen molar-refractivity contribution < 1.29 is 22.7 Å². The Balaban J connectivity index is 2.64. The van der Waals surface area contributed by atoms with Crippen LogP contribution in [0.25, 0.3) is 11.1 Å². The first kappa shape index (κ1) is 12.3. The van der Waals surface area contributed by atoms with Crippen molar-refractivity contribution in [1.29, 1.82) is 0 Å². The van der Waals surface area contributed by atoms with E-state index in [-0.39, 0.29) is 16.9 Å². The number of pyridine rings is 1. The topological polar surface area (TPSA) is 33.1 Å². The lowest BCUT2D eigenvalue weighted by Crippen LogP contribution is -2.07. The molecular formula is C12H7F4NO. The Bertz CT molecular complexity index is 581. The molecule has 94 valence electrons. The standard InChI is InChI=1S/C12H7F4NO/c13-11-5-7(18)1-2-8(11)9-6-17-4-3-10(9)12(14,15)16/h1-6,18H. The molecule has 1 N–H and O–H groups in total. The van der Waals surface area contributed by atoms with Gasteiger partial charge in [-0.05, 0) is 18.2 Å². The van der Waals surface area contributed by atoms with Gasteiger partial charge in [0.1, 0.15) is 11.6 Å². The van der Waals surface area contributed by atoms with E-state index in [0.717, 1.165) is 36.7 Å². The first-order valence-corrected chi connectivity index (χ1v) is 4.89. The maximum absolute atomic E-state index is 13.5. The second kappa shape index (κ2) is 4.29. The minimum atomic E-state index is -4.59. The molecule has 0 saturated carbocycles. The number of aromatic nitrogens is 1. The highest BCUT2D eigenvalue weighted by atomic mass is 19.4. The Hall–Kier alpha value is -2.11. The number of hydrogen-bond donors (Lipinski definition) is 1. The van der Waals surface area contributed by atoms with Crippen LogP contribution in [-0.2, 0) is 6.18 Å². The summed E-state index contributed by atoms with van der Waals surface area (Å²) in [6, 6.07) is 3.73. The van der Waals surface area contributed by atoms with Gasteiger partial charge in [0.25, 0.3) is 0 Å². The second-order valence-corrected chi connectivity index (χ2v) is 3.58. The number of phenols is 1. The maximum Gasteiger partial charge on any atom is 0.417 e. The van der Waals surface area contributed by atoms with E-state index in [2.05, 4.69) is 4.98 Å². The van der Waals surface area contributed by atoms with Gasteiger partial charge in [-0.3, -0.25) is 4.98 Å². The zero-order valence-electron chi connectivity index (χ0n) is 8.87. The first-order chi connectivity index (χ1) is 8.39. The third-order valence-corrected chi connectivity index (χ3v) is 2.37. The normalized spacial score (nSPS) is 11.6. The lowest BCUT2D eigenvalue weighted by Gasteiger charge is -2.12. The van der Waals surface area contributed by atoms with E-state index < -0.39 is 17.6 Å². The average Bonchev–Trinajstić information content (AvgIpc) is 2.28. The van der Waals surface area contributed by atoms with Gasteiger partial charge in [0, 0.05) is 29.6 Å². The molecule has 0 saturated heterocycles. The predicted octanol–water partition coefficient (Wildman–Crippen LogP) is 3.61. The van der Waals surface area contributed by atoms with Crippen LogP contribution in [0.4, 0.5) is 17.6 Å². The number of alkyl halides is 3. The van der Waals surface area contributed by atoms with Gasteiger partial charge in [0.15, 0.2) is 0 Å². The van der Waals surface area contributed by atoms with Crippen LogP contribution in [0.1, 0.15) is 5.56 Å². The number of aromatic hydroxyl groups is 1. The van der Waals surface area contributed by atoms with Crippen LogP contribution in [-0.4, -0.2) is 10.1 Å². The molecule has 2 aromatic rings. The Morgan fingerprint density at radius 1 is 1.06 bits per heavy atom. The van der Waals surface area contributed by atoms with Crippen LogP contribution in [0.15, 0.2) is 36.7 Å². The van der Waals surface area contributed by atoms with Crippen LogP contribution < -0.4 is 0 Å². The Morgan fingerprint density at radius 3 is 2.39 bits per heavy atom. The van der Waals surface area contributed by atoms with Gasteiger partial charge in [0.05, 0.1) is 5.56 Å². The fourth-order valence-corrected chi connectivity index (χ4v) is 1.58. The molecule has 1 aromatic heterocycles. The summed E-state index contributed by atoms with van der Waals surface area (Å²) in [4.78, 5) is 3.57. The van der Waals surface area contributed by atoms with E-state index in [1.807, 2.05) is 0 Å². The van der Waals surface area contributed by atoms with Gasteiger partial charge in [0.2, 0.25) is 0 Å². The molecule has 0 fully saturated rings. The Labute approximate surface area is 99.5 Å². The highest BCUT2D eigenvalue weighted by Gasteiger charge is 2.34. The molecule has 1 aromatic carbocycles. The predicted molar refractivity (Wildman–Crippen MR) is 56.3 cm³/mol. The highest BCUT2D eigenvalue weighted by molar-refractivity contribution is 5.68. The first-order valence-electron chi connectivity index (χ1n) is 4.89. The third-order valence-electron chi connectivity index (χ3n) is 2.37. The summed E-state index contributed by atoms with van der Waals surface area (Å²) in [6.07, 6.45) is -2.66. The average molecular weight is 257 g/mol. The Kier molecular flexibility index (Phi) is 2.94. The minimum Gasteiger partial charge on any atom is -0.508 e.